The zero-order valence-electron chi connectivity index (χ0n) is 19.2. The molecule has 7 nitrogen and oxygen atoms in total. The number of benzene rings is 2. The van der Waals surface area contributed by atoms with E-state index in [2.05, 4.69) is 15.6 Å². The maximum Gasteiger partial charge on any atom is 0.256 e. The molecule has 1 amide bonds. The summed E-state index contributed by atoms with van der Waals surface area (Å²) in [6.07, 6.45) is 2.01. The molecule has 3 aromatic rings. The number of aromatic nitrogens is 1. The lowest BCUT2D eigenvalue weighted by Gasteiger charge is -2.35. The van der Waals surface area contributed by atoms with Crippen LogP contribution >= 0.6 is 11.3 Å². The van der Waals surface area contributed by atoms with Crippen LogP contribution in [0.15, 0.2) is 65.0 Å². The molecular weight excluding hydrogens is 450 g/mol. The van der Waals surface area contributed by atoms with E-state index in [1.807, 2.05) is 43.3 Å². The lowest BCUT2D eigenvalue weighted by Crippen LogP contribution is -2.35. The molecule has 2 heterocycles. The molecule has 1 aliphatic heterocycles. The van der Waals surface area contributed by atoms with Gasteiger partial charge in [0.15, 0.2) is 10.9 Å². The Morgan fingerprint density at radius 3 is 2.74 bits per heavy atom. The van der Waals surface area contributed by atoms with E-state index >= 15 is 0 Å². The molecule has 1 unspecified atom stereocenters. The zero-order valence-corrected chi connectivity index (χ0v) is 20.0. The van der Waals surface area contributed by atoms with E-state index in [1.54, 1.807) is 20.3 Å². The molecule has 2 aliphatic rings. The number of methoxy groups -OCH3 is 2. The van der Waals surface area contributed by atoms with Crippen molar-refractivity contribution in [1.29, 1.82) is 0 Å². The van der Waals surface area contributed by atoms with Gasteiger partial charge in [-0.25, -0.2) is 4.98 Å². The van der Waals surface area contributed by atoms with E-state index < -0.39 is 5.92 Å². The fourth-order valence-corrected chi connectivity index (χ4v) is 5.60. The molecule has 0 spiro atoms. The molecule has 1 aliphatic carbocycles. The number of rotatable bonds is 5. The van der Waals surface area contributed by atoms with Crippen LogP contribution in [0.3, 0.4) is 0 Å². The first-order valence-electron chi connectivity index (χ1n) is 11.1. The first-order chi connectivity index (χ1) is 16.5. The Morgan fingerprint density at radius 1 is 1.15 bits per heavy atom. The third kappa shape index (κ3) is 3.84. The van der Waals surface area contributed by atoms with E-state index in [9.17, 15) is 9.59 Å². The number of anilines is 1. The maximum atomic E-state index is 13.7. The van der Waals surface area contributed by atoms with Gasteiger partial charge < -0.3 is 14.8 Å². The summed E-state index contributed by atoms with van der Waals surface area (Å²) in [5.74, 6) is 0.403. The summed E-state index contributed by atoms with van der Waals surface area (Å²) < 4.78 is 12.0. The van der Waals surface area contributed by atoms with Crippen molar-refractivity contribution < 1.29 is 19.1 Å². The normalized spacial score (nSPS) is 18.0. The third-order valence-electron chi connectivity index (χ3n) is 6.29. The van der Waals surface area contributed by atoms with Crippen LogP contribution in [-0.2, 0) is 9.59 Å². The van der Waals surface area contributed by atoms with Gasteiger partial charge in [0.05, 0.1) is 30.4 Å². The number of ketones is 1. The fourth-order valence-electron chi connectivity index (χ4n) is 4.74. The van der Waals surface area contributed by atoms with E-state index in [0.717, 1.165) is 40.0 Å². The lowest BCUT2D eigenvalue weighted by atomic mass is 9.74. The van der Waals surface area contributed by atoms with Crippen LogP contribution in [0.4, 0.5) is 5.13 Å². The molecule has 174 valence electrons. The van der Waals surface area contributed by atoms with Crippen LogP contribution in [-0.4, -0.2) is 30.9 Å². The highest BCUT2D eigenvalue weighted by molar-refractivity contribution is 7.22. The smallest absolute Gasteiger partial charge is 0.256 e. The molecular formula is C26H25N3O4S. The van der Waals surface area contributed by atoms with Crippen molar-refractivity contribution in [3.05, 3.63) is 70.6 Å². The summed E-state index contributed by atoms with van der Waals surface area (Å²) >= 11 is 1.42. The van der Waals surface area contributed by atoms with E-state index in [0.29, 0.717) is 34.2 Å². The second-order valence-electron chi connectivity index (χ2n) is 8.31. The number of allylic oxidation sites excluding steroid dienone is 3. The topological polar surface area (TPSA) is 89.5 Å². The summed E-state index contributed by atoms with van der Waals surface area (Å²) in [6, 6.07) is 13.2. The second-order valence-corrected chi connectivity index (χ2v) is 9.35. The number of hydrogen-bond acceptors (Lipinski definition) is 7. The molecule has 0 radical (unpaired) electrons. The molecule has 0 bridgehead atoms. The first-order valence-corrected chi connectivity index (χ1v) is 11.9. The Bertz CT molecular complexity index is 1340. The van der Waals surface area contributed by atoms with Crippen LogP contribution in [0, 0.1) is 0 Å². The standard InChI is InChI=1S/C26H25N3O4S/c1-14-22(25(31)29-26-28-17-7-4-5-10-21(17)34-26)23(24-18(27-14)8-6-9-19(24)30)16-12-11-15(32-2)13-20(16)33-3/h4-5,7,10-13,23,27H,6,8-9H2,1-3H3,(H,28,29,31). The first kappa shape index (κ1) is 22.2. The van der Waals surface area contributed by atoms with Crippen molar-refractivity contribution in [3.63, 3.8) is 0 Å². The fraction of sp³-hybridized carbons (Fsp3) is 0.269. The highest BCUT2D eigenvalue weighted by atomic mass is 32.1. The molecule has 2 aromatic carbocycles. The maximum absolute atomic E-state index is 13.7. The van der Waals surface area contributed by atoms with Gasteiger partial charge in [0.1, 0.15) is 11.5 Å². The number of carbonyl (C=O) groups is 2. The van der Waals surface area contributed by atoms with Crippen molar-refractivity contribution in [2.75, 3.05) is 19.5 Å². The SMILES string of the molecule is COc1ccc(C2C(C(=O)Nc3nc4ccccc4s3)=C(C)NC3=C2C(=O)CCC3)c(OC)c1. The van der Waals surface area contributed by atoms with E-state index in [4.69, 9.17) is 9.47 Å². The summed E-state index contributed by atoms with van der Waals surface area (Å²) in [4.78, 5) is 31.4. The van der Waals surface area contributed by atoms with Crippen LogP contribution < -0.4 is 20.1 Å². The second kappa shape index (κ2) is 8.95. The van der Waals surface area contributed by atoms with Crippen LogP contribution in [0.5, 0.6) is 11.5 Å². The minimum atomic E-state index is -0.556. The van der Waals surface area contributed by atoms with Crippen LogP contribution in [0.1, 0.15) is 37.7 Å². The van der Waals surface area contributed by atoms with Gasteiger partial charge in [-0.2, -0.15) is 0 Å². The Kier molecular flexibility index (Phi) is 5.83. The van der Waals surface area contributed by atoms with Gasteiger partial charge in [-0.3, -0.25) is 14.9 Å². The van der Waals surface area contributed by atoms with Crippen molar-refractivity contribution in [3.8, 4) is 11.5 Å². The molecule has 34 heavy (non-hydrogen) atoms. The number of thiazole rings is 1. The largest absolute Gasteiger partial charge is 0.497 e. The Balaban J connectivity index is 1.60. The van der Waals surface area contributed by atoms with Gasteiger partial charge in [-0.05, 0) is 38.0 Å². The summed E-state index contributed by atoms with van der Waals surface area (Å²) in [5, 5.41) is 6.84. The summed E-state index contributed by atoms with van der Waals surface area (Å²) in [7, 11) is 3.17. The third-order valence-corrected chi connectivity index (χ3v) is 7.24. The number of Topliss-reactive ketones (excluding diaryl/α,β-unsaturated/α-hetero) is 1. The van der Waals surface area contributed by atoms with Gasteiger partial charge >= 0.3 is 0 Å². The van der Waals surface area contributed by atoms with Crippen molar-refractivity contribution in [2.24, 2.45) is 0 Å². The average Bonchev–Trinajstić information content (AvgIpc) is 3.25. The minimum Gasteiger partial charge on any atom is -0.497 e. The summed E-state index contributed by atoms with van der Waals surface area (Å²) in [6.45, 7) is 1.87. The number of amides is 1. The molecule has 8 heteroatoms. The molecule has 1 aromatic heterocycles. The van der Waals surface area contributed by atoms with Gasteiger partial charge in [0.25, 0.3) is 5.91 Å². The van der Waals surface area contributed by atoms with E-state index in [1.165, 1.54) is 11.3 Å². The number of hydrogen-bond donors (Lipinski definition) is 2. The Labute approximate surface area is 201 Å². The average molecular weight is 476 g/mol. The number of ether oxygens (including phenoxy) is 2. The van der Waals surface area contributed by atoms with Crippen molar-refractivity contribution >= 4 is 38.4 Å². The molecule has 0 fully saturated rings. The number of nitrogens with one attached hydrogen (secondary N) is 2. The van der Waals surface area contributed by atoms with Crippen LogP contribution in [0.2, 0.25) is 0 Å². The highest BCUT2D eigenvalue weighted by Gasteiger charge is 2.40. The number of para-hydroxylation sites is 1. The predicted octanol–water partition coefficient (Wildman–Crippen LogP) is 4.92. The molecule has 2 N–H and O–H groups in total. The Hall–Kier alpha value is -3.65. The van der Waals surface area contributed by atoms with Crippen molar-refractivity contribution in [1.82, 2.24) is 10.3 Å². The lowest BCUT2D eigenvalue weighted by molar-refractivity contribution is -0.116. The zero-order chi connectivity index (χ0) is 23.8. The minimum absolute atomic E-state index is 0.0504. The van der Waals surface area contributed by atoms with E-state index in [-0.39, 0.29) is 11.7 Å². The van der Waals surface area contributed by atoms with Gasteiger partial charge in [-0.15, -0.1) is 0 Å². The number of nitrogens with zero attached hydrogens (tertiary/aromatic N) is 1. The quantitative estimate of drug-likeness (QED) is 0.545. The van der Waals surface area contributed by atoms with Crippen molar-refractivity contribution in [2.45, 2.75) is 32.1 Å². The predicted molar refractivity (Wildman–Crippen MR) is 132 cm³/mol. The number of dihydropyridines is 1. The molecule has 1 atom stereocenters. The number of fused-ring (bicyclic) bond motifs is 1. The Morgan fingerprint density at radius 2 is 1.97 bits per heavy atom. The monoisotopic (exact) mass is 475 g/mol. The summed E-state index contributed by atoms with van der Waals surface area (Å²) in [5.41, 5.74) is 4.30. The highest BCUT2D eigenvalue weighted by Crippen LogP contribution is 2.46. The molecule has 0 saturated carbocycles. The molecule has 0 saturated heterocycles. The van der Waals surface area contributed by atoms with Gasteiger partial charge in [-0.1, -0.05) is 29.5 Å². The molecule has 5 rings (SSSR count). The number of carbonyl (C=O) groups excluding carboxylic acids is 2. The van der Waals surface area contributed by atoms with Crippen LogP contribution in [0.25, 0.3) is 10.2 Å². The van der Waals surface area contributed by atoms with Gasteiger partial charge in [0, 0.05) is 40.6 Å². The van der Waals surface area contributed by atoms with Gasteiger partial charge in [0.2, 0.25) is 0 Å².